The number of aryl methyl sites for hydroxylation is 1. The Labute approximate surface area is 140 Å². The van der Waals surface area contributed by atoms with Gasteiger partial charge in [0, 0.05) is 18.7 Å². The van der Waals surface area contributed by atoms with Crippen LogP contribution in [-0.4, -0.2) is 44.8 Å². The average Bonchev–Trinajstić information content (AvgIpc) is 3.02. The second-order valence-electron chi connectivity index (χ2n) is 6.21. The molecule has 0 radical (unpaired) electrons. The first-order valence-electron chi connectivity index (χ1n) is 8.02. The van der Waals surface area contributed by atoms with Gasteiger partial charge in [-0.15, -0.1) is 5.10 Å². The second kappa shape index (κ2) is 7.17. The van der Waals surface area contributed by atoms with Crippen LogP contribution in [0, 0.1) is 12.8 Å². The fourth-order valence-electron chi connectivity index (χ4n) is 2.78. The smallest absolute Gasteiger partial charge is 0.233 e. The zero-order valence-corrected chi connectivity index (χ0v) is 14.4. The maximum absolute atomic E-state index is 12.3. The average molecular weight is 330 g/mol. The van der Waals surface area contributed by atoms with E-state index in [2.05, 4.69) is 29.0 Å². The summed E-state index contributed by atoms with van der Waals surface area (Å²) in [6, 6.07) is 8.13. The summed E-state index contributed by atoms with van der Waals surface area (Å²) in [5, 5.41) is 7.77. The molecule has 0 spiro atoms. The summed E-state index contributed by atoms with van der Waals surface area (Å²) in [4.78, 5) is 18.7. The van der Waals surface area contributed by atoms with Crippen molar-refractivity contribution in [2.75, 3.05) is 18.8 Å². The number of amides is 1. The molecule has 1 aliphatic heterocycles. The highest BCUT2D eigenvalue weighted by Gasteiger charge is 2.21. The van der Waals surface area contributed by atoms with E-state index in [1.807, 2.05) is 29.2 Å². The van der Waals surface area contributed by atoms with Crippen LogP contribution in [0.25, 0.3) is 11.4 Å². The van der Waals surface area contributed by atoms with E-state index in [9.17, 15) is 4.79 Å². The molecular weight excluding hydrogens is 308 g/mol. The van der Waals surface area contributed by atoms with Crippen molar-refractivity contribution in [2.24, 2.45) is 5.92 Å². The number of hydrogen-bond donors (Lipinski definition) is 1. The number of hydrogen-bond acceptors (Lipinski definition) is 4. The van der Waals surface area contributed by atoms with Crippen LogP contribution in [0.2, 0.25) is 0 Å². The van der Waals surface area contributed by atoms with E-state index in [0.29, 0.717) is 16.8 Å². The molecule has 23 heavy (non-hydrogen) atoms. The molecule has 0 aliphatic carbocycles. The number of carbonyl (C=O) groups is 1. The number of benzene rings is 1. The molecule has 2 aromatic rings. The van der Waals surface area contributed by atoms with Gasteiger partial charge in [-0.05, 0) is 25.7 Å². The van der Waals surface area contributed by atoms with E-state index in [0.717, 1.165) is 30.9 Å². The van der Waals surface area contributed by atoms with Crippen molar-refractivity contribution in [2.45, 2.75) is 31.8 Å². The van der Waals surface area contributed by atoms with Gasteiger partial charge in [0.05, 0.1) is 5.75 Å². The molecule has 5 nitrogen and oxygen atoms in total. The SMILES string of the molecule is Cc1ccc(-c2nc(SCC(=O)N3CCC[C@@H](C)C3)n[nH]2)cc1. The van der Waals surface area contributed by atoms with Gasteiger partial charge in [0.15, 0.2) is 5.82 Å². The standard InChI is InChI=1S/C17H22N4OS/c1-12-5-7-14(8-6-12)16-18-17(20-19-16)23-11-15(22)21-9-3-4-13(2)10-21/h5-8,13H,3-4,9-11H2,1-2H3,(H,18,19,20)/t13-/m1/s1. The Hall–Kier alpha value is -1.82. The van der Waals surface area contributed by atoms with Crippen molar-refractivity contribution in [3.8, 4) is 11.4 Å². The minimum absolute atomic E-state index is 0.184. The Morgan fingerprint density at radius 2 is 2.17 bits per heavy atom. The highest BCUT2D eigenvalue weighted by atomic mass is 32.2. The number of rotatable bonds is 4. The van der Waals surface area contributed by atoms with Crippen LogP contribution in [0.1, 0.15) is 25.3 Å². The lowest BCUT2D eigenvalue weighted by Gasteiger charge is -2.30. The quantitative estimate of drug-likeness (QED) is 0.875. The summed E-state index contributed by atoms with van der Waals surface area (Å²) in [6.45, 7) is 6.02. The van der Waals surface area contributed by atoms with Crippen LogP contribution in [0.3, 0.4) is 0 Å². The molecule has 1 aromatic heterocycles. The second-order valence-corrected chi connectivity index (χ2v) is 7.15. The summed E-state index contributed by atoms with van der Waals surface area (Å²) in [7, 11) is 0. The van der Waals surface area contributed by atoms with Gasteiger partial charge in [0.2, 0.25) is 11.1 Å². The first-order chi connectivity index (χ1) is 11.1. The number of H-pyrrole nitrogens is 1. The molecule has 0 saturated carbocycles. The molecule has 3 rings (SSSR count). The maximum atomic E-state index is 12.3. The normalized spacial score (nSPS) is 18.2. The van der Waals surface area contributed by atoms with E-state index < -0.39 is 0 Å². The van der Waals surface area contributed by atoms with E-state index in [1.165, 1.54) is 23.7 Å². The van der Waals surface area contributed by atoms with Crippen molar-refractivity contribution in [3.63, 3.8) is 0 Å². The predicted molar refractivity (Wildman–Crippen MR) is 92.3 cm³/mol. The number of nitrogens with zero attached hydrogens (tertiary/aromatic N) is 3. The lowest BCUT2D eigenvalue weighted by atomic mass is 10.0. The number of carbonyl (C=O) groups excluding carboxylic acids is 1. The lowest BCUT2D eigenvalue weighted by molar-refractivity contribution is -0.130. The number of thioether (sulfide) groups is 1. The van der Waals surface area contributed by atoms with Gasteiger partial charge in [-0.2, -0.15) is 0 Å². The van der Waals surface area contributed by atoms with Gasteiger partial charge in [0.25, 0.3) is 0 Å². The third-order valence-corrected chi connectivity index (χ3v) is 4.96. The zero-order chi connectivity index (χ0) is 16.2. The summed E-state index contributed by atoms with van der Waals surface area (Å²) in [5.74, 6) is 1.93. The van der Waals surface area contributed by atoms with Crippen LogP contribution in [0.15, 0.2) is 29.4 Å². The number of piperidine rings is 1. The molecule has 1 amide bonds. The Kier molecular flexibility index (Phi) is 5.00. The van der Waals surface area contributed by atoms with Crippen molar-refractivity contribution >= 4 is 17.7 Å². The summed E-state index contributed by atoms with van der Waals surface area (Å²) < 4.78 is 0. The van der Waals surface area contributed by atoms with E-state index in [-0.39, 0.29) is 5.91 Å². The van der Waals surface area contributed by atoms with Gasteiger partial charge in [0.1, 0.15) is 0 Å². The minimum atomic E-state index is 0.184. The zero-order valence-electron chi connectivity index (χ0n) is 13.6. The van der Waals surface area contributed by atoms with Crippen LogP contribution in [0.5, 0.6) is 0 Å². The Bertz CT molecular complexity index is 667. The number of nitrogens with one attached hydrogen (secondary N) is 1. The van der Waals surface area contributed by atoms with Gasteiger partial charge < -0.3 is 4.90 Å². The predicted octanol–water partition coefficient (Wildman–Crippen LogP) is 3.13. The number of likely N-dealkylation sites (tertiary alicyclic amines) is 1. The van der Waals surface area contributed by atoms with Crippen LogP contribution < -0.4 is 0 Å². The molecule has 1 saturated heterocycles. The van der Waals surface area contributed by atoms with E-state index in [1.54, 1.807) is 0 Å². The van der Waals surface area contributed by atoms with Gasteiger partial charge in [-0.25, -0.2) is 4.98 Å². The third-order valence-electron chi connectivity index (χ3n) is 4.12. The largest absolute Gasteiger partial charge is 0.342 e. The first kappa shape index (κ1) is 16.1. The fraction of sp³-hybridized carbons (Fsp3) is 0.471. The number of aromatic nitrogens is 3. The topological polar surface area (TPSA) is 61.9 Å². The first-order valence-corrected chi connectivity index (χ1v) is 9.00. The monoisotopic (exact) mass is 330 g/mol. The van der Waals surface area contributed by atoms with Crippen LogP contribution in [0.4, 0.5) is 0 Å². The summed E-state index contributed by atoms with van der Waals surface area (Å²) in [6.07, 6.45) is 2.33. The molecule has 0 unspecified atom stereocenters. The molecular formula is C17H22N4OS. The molecule has 0 bridgehead atoms. The Morgan fingerprint density at radius 3 is 2.91 bits per heavy atom. The maximum Gasteiger partial charge on any atom is 0.233 e. The number of aromatic amines is 1. The third kappa shape index (κ3) is 4.13. The lowest BCUT2D eigenvalue weighted by Crippen LogP contribution is -2.40. The highest BCUT2D eigenvalue weighted by Crippen LogP contribution is 2.21. The van der Waals surface area contributed by atoms with Gasteiger partial charge >= 0.3 is 0 Å². The molecule has 1 atom stereocenters. The van der Waals surface area contributed by atoms with Crippen molar-refractivity contribution in [1.82, 2.24) is 20.1 Å². The Balaban J connectivity index is 1.56. The molecule has 122 valence electrons. The van der Waals surface area contributed by atoms with Crippen molar-refractivity contribution in [1.29, 1.82) is 0 Å². The van der Waals surface area contributed by atoms with Gasteiger partial charge in [-0.3, -0.25) is 9.89 Å². The van der Waals surface area contributed by atoms with Gasteiger partial charge in [-0.1, -0.05) is 48.5 Å². The van der Waals surface area contributed by atoms with Crippen LogP contribution in [-0.2, 0) is 4.79 Å². The van der Waals surface area contributed by atoms with E-state index in [4.69, 9.17) is 0 Å². The summed E-state index contributed by atoms with van der Waals surface area (Å²) in [5.41, 5.74) is 2.22. The fourth-order valence-corrected chi connectivity index (χ4v) is 3.49. The van der Waals surface area contributed by atoms with Crippen molar-refractivity contribution < 1.29 is 4.79 Å². The molecule has 1 fully saturated rings. The molecule has 1 aromatic carbocycles. The van der Waals surface area contributed by atoms with Crippen molar-refractivity contribution in [3.05, 3.63) is 29.8 Å². The van der Waals surface area contributed by atoms with Crippen LogP contribution >= 0.6 is 11.8 Å². The minimum Gasteiger partial charge on any atom is -0.342 e. The molecule has 6 heteroatoms. The summed E-state index contributed by atoms with van der Waals surface area (Å²) >= 11 is 1.40. The van der Waals surface area contributed by atoms with E-state index >= 15 is 0 Å². The molecule has 1 N–H and O–H groups in total. The highest BCUT2D eigenvalue weighted by molar-refractivity contribution is 7.99. The molecule has 2 heterocycles. The molecule has 1 aliphatic rings. The Morgan fingerprint density at radius 1 is 1.39 bits per heavy atom.